The van der Waals surface area contributed by atoms with Gasteiger partial charge >= 0.3 is 0 Å². The van der Waals surface area contributed by atoms with Crippen LogP contribution in [0.5, 0.6) is 0 Å². The van der Waals surface area contributed by atoms with Crippen LogP contribution in [0.15, 0.2) is 29.8 Å². The molecule has 0 radical (unpaired) electrons. The molecule has 2 nitrogen and oxygen atoms in total. The van der Waals surface area contributed by atoms with Gasteiger partial charge in [-0.15, -0.1) is 0 Å². The number of likely N-dealkylation sites (N-methyl/N-ethyl adjacent to an activating group) is 1. The fourth-order valence-electron chi connectivity index (χ4n) is 1.60. The van der Waals surface area contributed by atoms with Gasteiger partial charge in [-0.2, -0.15) is 5.26 Å². The van der Waals surface area contributed by atoms with Gasteiger partial charge in [-0.05, 0) is 17.7 Å². The van der Waals surface area contributed by atoms with Crippen LogP contribution in [0.25, 0.3) is 6.08 Å². The number of fused-ring (bicyclic) bond motifs is 1. The van der Waals surface area contributed by atoms with Gasteiger partial charge in [0.25, 0.3) is 0 Å². The molecular formula is C11H10N2. The van der Waals surface area contributed by atoms with Crippen LogP contribution in [-0.2, 0) is 0 Å². The van der Waals surface area contributed by atoms with Crippen LogP contribution in [0.1, 0.15) is 5.56 Å². The molecule has 1 heterocycles. The van der Waals surface area contributed by atoms with Crippen LogP contribution in [0.4, 0.5) is 5.69 Å². The molecule has 0 bridgehead atoms. The predicted octanol–water partition coefficient (Wildman–Crippen LogP) is 2.04. The first-order valence-corrected chi connectivity index (χ1v) is 4.22. The maximum absolute atomic E-state index is 8.79. The van der Waals surface area contributed by atoms with Crippen molar-refractivity contribution in [3.63, 3.8) is 0 Å². The summed E-state index contributed by atoms with van der Waals surface area (Å²) in [7, 11) is 2.00. The minimum atomic E-state index is 0.716. The molecule has 1 aliphatic heterocycles. The number of anilines is 1. The smallest absolute Gasteiger partial charge is 0.0966 e. The number of hydrogen-bond acceptors (Lipinski definition) is 2. The van der Waals surface area contributed by atoms with Crippen molar-refractivity contribution in [1.29, 1.82) is 5.26 Å². The average molecular weight is 170 g/mol. The second-order valence-corrected chi connectivity index (χ2v) is 3.20. The number of rotatable bonds is 0. The largest absolute Gasteiger partial charge is 0.369 e. The van der Waals surface area contributed by atoms with Gasteiger partial charge in [0, 0.05) is 18.3 Å². The Balaban J connectivity index is 2.54. The van der Waals surface area contributed by atoms with Gasteiger partial charge < -0.3 is 4.90 Å². The summed E-state index contributed by atoms with van der Waals surface area (Å²) in [5, 5.41) is 8.79. The maximum Gasteiger partial charge on any atom is 0.0966 e. The summed E-state index contributed by atoms with van der Waals surface area (Å²) in [6.07, 6.45) is 1.95. The first kappa shape index (κ1) is 7.88. The summed E-state index contributed by atoms with van der Waals surface area (Å²) in [6.45, 7) is 0.716. The van der Waals surface area contributed by atoms with Crippen molar-refractivity contribution in [2.75, 3.05) is 18.5 Å². The topological polar surface area (TPSA) is 27.0 Å². The number of nitriles is 1. The molecule has 0 aromatic heterocycles. The summed E-state index contributed by atoms with van der Waals surface area (Å²) >= 11 is 0. The van der Waals surface area contributed by atoms with Crippen molar-refractivity contribution in [3.8, 4) is 6.07 Å². The van der Waals surface area contributed by atoms with E-state index < -0.39 is 0 Å². The normalized spacial score (nSPS) is 14.5. The van der Waals surface area contributed by atoms with E-state index in [0.717, 1.165) is 11.1 Å². The van der Waals surface area contributed by atoms with E-state index in [4.69, 9.17) is 5.26 Å². The molecule has 0 fully saturated rings. The zero-order valence-electron chi connectivity index (χ0n) is 7.49. The Hall–Kier alpha value is -1.75. The zero-order chi connectivity index (χ0) is 9.26. The highest BCUT2D eigenvalue weighted by atomic mass is 15.1. The molecule has 0 saturated heterocycles. The molecule has 1 aliphatic rings. The lowest BCUT2D eigenvalue weighted by Gasteiger charge is -2.24. The third kappa shape index (κ3) is 1.29. The number of nitrogens with zero attached hydrogens (tertiary/aromatic N) is 2. The third-order valence-corrected chi connectivity index (χ3v) is 2.23. The van der Waals surface area contributed by atoms with E-state index in [9.17, 15) is 0 Å². The molecule has 1 aromatic carbocycles. The lowest BCUT2D eigenvalue weighted by Crippen LogP contribution is -2.23. The lowest BCUT2D eigenvalue weighted by atomic mass is 10.0. The summed E-state index contributed by atoms with van der Waals surface area (Å²) in [4.78, 5) is 2.09. The Morgan fingerprint density at radius 2 is 2.15 bits per heavy atom. The maximum atomic E-state index is 8.79. The molecule has 2 rings (SSSR count). The number of benzene rings is 1. The van der Waals surface area contributed by atoms with E-state index >= 15 is 0 Å². The van der Waals surface area contributed by atoms with Crippen LogP contribution in [0, 0.1) is 11.3 Å². The molecule has 64 valence electrons. The fourth-order valence-corrected chi connectivity index (χ4v) is 1.60. The molecule has 0 N–H and O–H groups in total. The molecule has 0 spiro atoms. The molecule has 0 atom stereocenters. The highest BCUT2D eigenvalue weighted by Gasteiger charge is 2.12. The summed E-state index contributed by atoms with van der Waals surface area (Å²) < 4.78 is 0. The Morgan fingerprint density at radius 3 is 2.92 bits per heavy atom. The van der Waals surface area contributed by atoms with Gasteiger partial charge in [0.2, 0.25) is 0 Å². The van der Waals surface area contributed by atoms with Crippen molar-refractivity contribution in [2.24, 2.45) is 0 Å². The van der Waals surface area contributed by atoms with Crippen LogP contribution >= 0.6 is 0 Å². The highest BCUT2D eigenvalue weighted by Crippen LogP contribution is 2.26. The fraction of sp³-hybridized carbons (Fsp3) is 0.182. The average Bonchev–Trinajstić information content (AvgIpc) is 2.18. The predicted molar refractivity (Wildman–Crippen MR) is 53.3 cm³/mol. The van der Waals surface area contributed by atoms with Crippen LogP contribution in [0.2, 0.25) is 0 Å². The van der Waals surface area contributed by atoms with Gasteiger partial charge in [-0.25, -0.2) is 0 Å². The first-order chi connectivity index (χ1) is 6.31. The van der Waals surface area contributed by atoms with Gasteiger partial charge in [-0.3, -0.25) is 0 Å². The second-order valence-electron chi connectivity index (χ2n) is 3.20. The SMILES string of the molecule is CN1CC(C#N)=Cc2ccccc21. The standard InChI is InChI=1S/C11H10N2/c1-13-8-9(7-12)6-10-4-2-3-5-11(10)13/h2-6H,8H2,1H3. The van der Waals surface area contributed by atoms with E-state index in [1.165, 1.54) is 5.69 Å². The molecule has 0 unspecified atom stereocenters. The van der Waals surface area contributed by atoms with Gasteiger partial charge in [-0.1, -0.05) is 18.2 Å². The molecule has 0 aliphatic carbocycles. The van der Waals surface area contributed by atoms with Crippen molar-refractivity contribution < 1.29 is 0 Å². The van der Waals surface area contributed by atoms with Crippen LogP contribution in [0.3, 0.4) is 0 Å². The highest BCUT2D eigenvalue weighted by molar-refractivity contribution is 5.74. The summed E-state index contributed by atoms with van der Waals surface area (Å²) in [6, 6.07) is 10.3. The monoisotopic (exact) mass is 170 g/mol. The number of para-hydroxylation sites is 1. The Morgan fingerprint density at radius 1 is 1.38 bits per heavy atom. The van der Waals surface area contributed by atoms with E-state index in [1.807, 2.05) is 31.3 Å². The lowest BCUT2D eigenvalue weighted by molar-refractivity contribution is 0.993. The van der Waals surface area contributed by atoms with Crippen LogP contribution in [-0.4, -0.2) is 13.6 Å². The van der Waals surface area contributed by atoms with Gasteiger partial charge in [0.15, 0.2) is 0 Å². The molecule has 0 saturated carbocycles. The van der Waals surface area contributed by atoms with Gasteiger partial charge in [0.1, 0.15) is 0 Å². The van der Waals surface area contributed by atoms with Crippen molar-refractivity contribution in [1.82, 2.24) is 0 Å². The third-order valence-electron chi connectivity index (χ3n) is 2.23. The minimum Gasteiger partial charge on any atom is -0.369 e. The molecule has 0 amide bonds. The van der Waals surface area contributed by atoms with E-state index in [1.54, 1.807) is 0 Å². The summed E-state index contributed by atoms with van der Waals surface area (Å²) in [5.41, 5.74) is 3.15. The minimum absolute atomic E-state index is 0.716. The van der Waals surface area contributed by atoms with E-state index in [2.05, 4.69) is 17.0 Å². The molecule has 2 heteroatoms. The molecular weight excluding hydrogens is 160 g/mol. The number of hydrogen-bond donors (Lipinski definition) is 0. The molecule has 1 aromatic rings. The Bertz CT molecular complexity index is 399. The summed E-state index contributed by atoms with van der Waals surface area (Å²) in [5.74, 6) is 0. The van der Waals surface area contributed by atoms with Crippen molar-refractivity contribution >= 4 is 11.8 Å². The van der Waals surface area contributed by atoms with E-state index in [-0.39, 0.29) is 0 Å². The van der Waals surface area contributed by atoms with E-state index in [0.29, 0.717) is 6.54 Å². The van der Waals surface area contributed by atoms with Gasteiger partial charge in [0.05, 0.1) is 12.6 Å². The Labute approximate surface area is 77.7 Å². The first-order valence-electron chi connectivity index (χ1n) is 4.22. The van der Waals surface area contributed by atoms with Crippen molar-refractivity contribution in [2.45, 2.75) is 0 Å². The van der Waals surface area contributed by atoms with Crippen molar-refractivity contribution in [3.05, 3.63) is 35.4 Å². The second kappa shape index (κ2) is 2.95. The van der Waals surface area contributed by atoms with Crippen LogP contribution < -0.4 is 4.90 Å². The zero-order valence-corrected chi connectivity index (χ0v) is 7.49. The quantitative estimate of drug-likeness (QED) is 0.595. The Kier molecular flexibility index (Phi) is 1.79. The molecule has 13 heavy (non-hydrogen) atoms.